The van der Waals surface area contributed by atoms with E-state index in [0.717, 1.165) is 24.3 Å². The minimum atomic E-state index is -4.45. The summed E-state index contributed by atoms with van der Waals surface area (Å²) in [7, 11) is -4.45. The van der Waals surface area contributed by atoms with E-state index in [1.165, 1.54) is 0 Å². The van der Waals surface area contributed by atoms with Gasteiger partial charge in [-0.15, -0.1) is 9.35 Å². The fraction of sp³-hybridized carbons (Fsp3) is 0.250. The maximum atomic E-state index is 12.0. The summed E-state index contributed by atoms with van der Waals surface area (Å²) in [6, 6.07) is 4.25. The summed E-state index contributed by atoms with van der Waals surface area (Å²) < 4.78 is 28.4. The molecule has 0 aromatic heterocycles. The Hall–Kier alpha value is -2.46. The second-order valence-electron chi connectivity index (χ2n) is 4.55. The Bertz CT molecular complexity index is 724. The third kappa shape index (κ3) is 3.23. The number of hydrogen-bond acceptors (Lipinski definition) is 7. The molecule has 1 aliphatic rings. The van der Waals surface area contributed by atoms with E-state index in [0.29, 0.717) is 0 Å². The van der Waals surface area contributed by atoms with Gasteiger partial charge in [-0.2, -0.15) is 8.42 Å². The molecule has 10 heteroatoms. The van der Waals surface area contributed by atoms with Crippen LogP contribution in [0.5, 0.6) is 5.75 Å². The first-order valence-electron chi connectivity index (χ1n) is 6.03. The molecule has 1 saturated heterocycles. The number of carbonyl (C=O) groups excluding carboxylic acids is 2. The predicted octanol–water partition coefficient (Wildman–Crippen LogP) is -0.138. The zero-order valence-electron chi connectivity index (χ0n) is 11.0. The largest absolute Gasteiger partial charge is 0.508 e. The maximum absolute atomic E-state index is 12.0. The monoisotopic (exact) mass is 329 g/mol. The van der Waals surface area contributed by atoms with Crippen molar-refractivity contribution in [1.82, 2.24) is 5.06 Å². The topological polar surface area (TPSA) is 138 Å². The van der Waals surface area contributed by atoms with Gasteiger partial charge in [-0.3, -0.25) is 14.4 Å². The van der Waals surface area contributed by atoms with Crippen molar-refractivity contribution < 1.29 is 37.3 Å². The second kappa shape index (κ2) is 5.73. The van der Waals surface area contributed by atoms with Crippen molar-refractivity contribution >= 4 is 27.9 Å². The average Bonchev–Trinajstić information content (AvgIpc) is 2.66. The van der Waals surface area contributed by atoms with Gasteiger partial charge in [0.1, 0.15) is 5.75 Å². The Morgan fingerprint density at radius 3 is 2.41 bits per heavy atom. The number of rotatable bonds is 5. The molecule has 0 spiro atoms. The molecule has 1 fully saturated rings. The molecule has 1 atom stereocenters. The van der Waals surface area contributed by atoms with Crippen LogP contribution in [0, 0.1) is 5.92 Å². The molecule has 1 aliphatic heterocycles. The molecule has 2 amide bonds. The minimum absolute atomic E-state index is 0.0653. The lowest BCUT2D eigenvalue weighted by atomic mass is 10.0. The van der Waals surface area contributed by atoms with Crippen LogP contribution in [-0.4, -0.2) is 41.5 Å². The van der Waals surface area contributed by atoms with Crippen molar-refractivity contribution in [2.24, 2.45) is 5.92 Å². The quantitative estimate of drug-likeness (QED) is 0.712. The fourth-order valence-electron chi connectivity index (χ4n) is 1.87. The van der Waals surface area contributed by atoms with Crippen LogP contribution < -0.4 is 0 Å². The molecule has 0 saturated carbocycles. The predicted molar refractivity (Wildman–Crippen MR) is 68.6 cm³/mol. The number of hydrogen-bond donors (Lipinski definition) is 2. The van der Waals surface area contributed by atoms with Crippen molar-refractivity contribution in [2.75, 3.05) is 0 Å². The van der Waals surface area contributed by atoms with E-state index >= 15 is 0 Å². The first kappa shape index (κ1) is 15.9. The van der Waals surface area contributed by atoms with Crippen LogP contribution >= 0.6 is 0 Å². The summed E-state index contributed by atoms with van der Waals surface area (Å²) in [5.41, 5.74) is 0. The molecule has 0 radical (unpaired) electrons. The number of carboxylic acids is 1. The normalized spacial score (nSPS) is 18.7. The Kier molecular flexibility index (Phi) is 4.15. The van der Waals surface area contributed by atoms with E-state index in [4.69, 9.17) is 10.2 Å². The van der Waals surface area contributed by atoms with Crippen molar-refractivity contribution in [1.29, 1.82) is 0 Å². The third-order valence-corrected chi connectivity index (χ3v) is 4.11. The third-order valence-electron chi connectivity index (χ3n) is 2.92. The van der Waals surface area contributed by atoms with E-state index < -0.39 is 46.7 Å². The molecular weight excluding hydrogens is 318 g/mol. The highest BCUT2D eigenvalue weighted by Crippen LogP contribution is 2.26. The number of nitrogens with zero attached hydrogens (tertiary/aromatic N) is 1. The molecule has 1 heterocycles. The number of benzene rings is 1. The molecule has 0 bridgehead atoms. The SMILES string of the molecule is O=C(O)CC1CC(=O)N(OS(=O)(=O)c2ccc(O)cc2)C1=O. The minimum Gasteiger partial charge on any atom is -0.508 e. The van der Waals surface area contributed by atoms with Gasteiger partial charge in [-0.05, 0) is 24.3 Å². The zero-order chi connectivity index (χ0) is 16.5. The van der Waals surface area contributed by atoms with E-state index in [-0.39, 0.29) is 15.7 Å². The van der Waals surface area contributed by atoms with Gasteiger partial charge >= 0.3 is 16.1 Å². The van der Waals surface area contributed by atoms with Gasteiger partial charge in [0.25, 0.3) is 11.8 Å². The molecular formula is C12H11NO8S. The number of hydroxylamine groups is 2. The van der Waals surface area contributed by atoms with Crippen LogP contribution in [0.3, 0.4) is 0 Å². The van der Waals surface area contributed by atoms with Gasteiger partial charge in [-0.1, -0.05) is 0 Å². The first-order valence-corrected chi connectivity index (χ1v) is 7.44. The summed E-state index contributed by atoms with van der Waals surface area (Å²) in [4.78, 5) is 33.7. The number of aromatic hydroxyl groups is 1. The zero-order valence-corrected chi connectivity index (χ0v) is 11.8. The molecule has 1 aromatic rings. The molecule has 9 nitrogen and oxygen atoms in total. The number of carbonyl (C=O) groups is 3. The van der Waals surface area contributed by atoms with Crippen LogP contribution in [0.2, 0.25) is 0 Å². The van der Waals surface area contributed by atoms with Gasteiger partial charge in [0.05, 0.1) is 17.2 Å². The Morgan fingerprint density at radius 1 is 1.27 bits per heavy atom. The molecule has 0 aliphatic carbocycles. The lowest BCUT2D eigenvalue weighted by molar-refractivity contribution is -0.165. The molecule has 118 valence electrons. The van der Waals surface area contributed by atoms with Gasteiger partial charge in [0.2, 0.25) is 0 Å². The summed E-state index contributed by atoms with van der Waals surface area (Å²) in [5, 5.41) is 17.8. The van der Waals surface area contributed by atoms with E-state index in [1.807, 2.05) is 0 Å². The molecule has 22 heavy (non-hydrogen) atoms. The highest BCUT2D eigenvalue weighted by molar-refractivity contribution is 7.86. The lowest BCUT2D eigenvalue weighted by Gasteiger charge is -2.13. The number of amides is 2. The van der Waals surface area contributed by atoms with Gasteiger partial charge < -0.3 is 10.2 Å². The summed E-state index contributed by atoms with van der Waals surface area (Å²) in [6.45, 7) is 0. The molecule has 2 rings (SSSR count). The van der Waals surface area contributed by atoms with E-state index in [9.17, 15) is 22.8 Å². The van der Waals surface area contributed by atoms with Crippen LogP contribution in [0.1, 0.15) is 12.8 Å². The Labute approximate surface area is 124 Å². The Balaban J connectivity index is 2.19. The number of aliphatic carboxylic acids is 1. The van der Waals surface area contributed by atoms with Gasteiger partial charge in [0, 0.05) is 6.42 Å². The van der Waals surface area contributed by atoms with Crippen molar-refractivity contribution in [2.45, 2.75) is 17.7 Å². The lowest BCUT2D eigenvalue weighted by Crippen LogP contribution is -2.33. The van der Waals surface area contributed by atoms with Crippen LogP contribution in [-0.2, 0) is 28.8 Å². The summed E-state index contributed by atoms with van der Waals surface area (Å²) in [6.07, 6.45) is -1.03. The van der Waals surface area contributed by atoms with Crippen LogP contribution in [0.25, 0.3) is 0 Å². The summed E-state index contributed by atoms with van der Waals surface area (Å²) in [5.74, 6) is -4.56. The molecule has 2 N–H and O–H groups in total. The smallest absolute Gasteiger partial charge is 0.318 e. The summed E-state index contributed by atoms with van der Waals surface area (Å²) >= 11 is 0. The number of phenols is 1. The standard InChI is InChI=1S/C12H11NO8S/c14-8-1-3-9(4-2-8)22(19,20)21-13-10(15)5-7(12(13)18)6-11(16)17/h1-4,7,14H,5-6H2,(H,16,17). The van der Waals surface area contributed by atoms with Crippen molar-refractivity contribution in [3.05, 3.63) is 24.3 Å². The Morgan fingerprint density at radius 2 is 1.86 bits per heavy atom. The average molecular weight is 329 g/mol. The van der Waals surface area contributed by atoms with Gasteiger partial charge in [-0.25, -0.2) is 0 Å². The van der Waals surface area contributed by atoms with Crippen LogP contribution in [0.4, 0.5) is 0 Å². The molecule has 1 unspecified atom stereocenters. The van der Waals surface area contributed by atoms with Crippen LogP contribution in [0.15, 0.2) is 29.2 Å². The van der Waals surface area contributed by atoms with Gasteiger partial charge in [0.15, 0.2) is 0 Å². The second-order valence-corrected chi connectivity index (χ2v) is 6.08. The highest BCUT2D eigenvalue weighted by atomic mass is 32.2. The van der Waals surface area contributed by atoms with Crippen molar-refractivity contribution in [3.8, 4) is 5.75 Å². The first-order chi connectivity index (χ1) is 10.2. The number of carboxylic acid groups (broad SMARTS) is 1. The van der Waals surface area contributed by atoms with E-state index in [2.05, 4.69) is 4.28 Å². The number of imide groups is 1. The van der Waals surface area contributed by atoms with Crippen molar-refractivity contribution in [3.63, 3.8) is 0 Å². The highest BCUT2D eigenvalue weighted by Gasteiger charge is 2.43. The molecule has 1 aromatic carbocycles. The maximum Gasteiger partial charge on any atom is 0.318 e. The fourth-order valence-corrected chi connectivity index (χ4v) is 2.78. The van der Waals surface area contributed by atoms with E-state index in [1.54, 1.807) is 0 Å². The number of phenolic OH excluding ortho intramolecular Hbond substituents is 1.